The predicted molar refractivity (Wildman–Crippen MR) is 129 cm³/mol. The number of para-hydroxylation sites is 1. The summed E-state index contributed by atoms with van der Waals surface area (Å²) in [5.41, 5.74) is 3.37. The molecule has 0 saturated heterocycles. The van der Waals surface area contributed by atoms with Crippen LogP contribution in [0, 0.1) is 0 Å². The number of carboxylic acids is 1. The normalized spacial score (nSPS) is 14.8. The first-order chi connectivity index (χ1) is 16.0. The number of fused-ring (bicyclic) bond motifs is 1. The van der Waals surface area contributed by atoms with Crippen LogP contribution in [-0.2, 0) is 4.79 Å². The summed E-state index contributed by atoms with van der Waals surface area (Å²) in [7, 11) is 0. The maximum absolute atomic E-state index is 12.8. The Morgan fingerprint density at radius 3 is 2.36 bits per heavy atom. The topological polar surface area (TPSA) is 115 Å². The molecular formula is C24H20ClN5O3. The summed E-state index contributed by atoms with van der Waals surface area (Å²) >= 11 is 5.90. The second-order valence-corrected chi connectivity index (χ2v) is 7.55. The number of carboxylic acid groups (broad SMARTS) is 1. The number of aliphatic imine (C=N–C) groups is 2. The monoisotopic (exact) mass is 461 g/mol. The van der Waals surface area contributed by atoms with Crippen LogP contribution < -0.4 is 16.0 Å². The van der Waals surface area contributed by atoms with E-state index in [1.807, 2.05) is 54.6 Å². The highest BCUT2D eigenvalue weighted by Gasteiger charge is 2.25. The van der Waals surface area contributed by atoms with Crippen LogP contribution in [0.1, 0.15) is 11.1 Å². The third kappa shape index (κ3) is 5.55. The first-order valence-corrected chi connectivity index (χ1v) is 10.5. The molecule has 1 aliphatic rings. The van der Waals surface area contributed by atoms with Crippen molar-refractivity contribution in [3.05, 3.63) is 95.0 Å². The van der Waals surface area contributed by atoms with Crippen LogP contribution in [0.4, 0.5) is 16.2 Å². The molecular weight excluding hydrogens is 442 g/mol. The number of hydrogen-bond acceptors (Lipinski definition) is 5. The van der Waals surface area contributed by atoms with Crippen LogP contribution in [0.5, 0.6) is 0 Å². The van der Waals surface area contributed by atoms with Gasteiger partial charge < -0.3 is 21.1 Å². The van der Waals surface area contributed by atoms with E-state index in [9.17, 15) is 9.59 Å². The molecule has 0 aliphatic carbocycles. The number of halogens is 1. The lowest BCUT2D eigenvalue weighted by Gasteiger charge is -2.18. The van der Waals surface area contributed by atoms with Crippen molar-refractivity contribution in [1.82, 2.24) is 10.6 Å². The van der Waals surface area contributed by atoms with Crippen LogP contribution >= 0.6 is 11.6 Å². The molecule has 3 aromatic rings. The van der Waals surface area contributed by atoms with E-state index in [2.05, 4.69) is 20.9 Å². The fourth-order valence-electron chi connectivity index (χ4n) is 3.28. The molecule has 0 fully saturated rings. The summed E-state index contributed by atoms with van der Waals surface area (Å²) in [5, 5.41) is 18.0. The van der Waals surface area contributed by atoms with Crippen molar-refractivity contribution in [2.45, 2.75) is 6.17 Å². The van der Waals surface area contributed by atoms with Crippen LogP contribution in [0.3, 0.4) is 0 Å². The average molecular weight is 462 g/mol. The Morgan fingerprint density at radius 2 is 1.64 bits per heavy atom. The van der Waals surface area contributed by atoms with E-state index in [0.29, 0.717) is 22.1 Å². The minimum absolute atomic E-state index is 0.210. The van der Waals surface area contributed by atoms with Crippen molar-refractivity contribution in [1.29, 1.82) is 0 Å². The maximum atomic E-state index is 12.8. The average Bonchev–Trinajstić information content (AvgIpc) is 2.96. The minimum atomic E-state index is -1.06. The zero-order chi connectivity index (χ0) is 23.2. The van der Waals surface area contributed by atoms with E-state index < -0.39 is 18.2 Å². The molecule has 9 heteroatoms. The Labute approximate surface area is 195 Å². The second kappa shape index (κ2) is 9.97. The Bertz CT molecular complexity index is 1230. The summed E-state index contributed by atoms with van der Waals surface area (Å²) in [6.07, 6.45) is -0.959. The molecule has 4 rings (SSSR count). The standard InChI is InChI=1S/C24H20ClN5O3/c25-16-10-12-17(13-11-16)27-24(33)30-23-22(26-14-20(31)32)28-19-9-5-4-8-18(19)21(29-23)15-6-2-1-3-7-15/h1-13,23H,14H2,(H,26,28)(H,31,32)(H2,27,30,33). The Hall–Kier alpha value is -4.17. The summed E-state index contributed by atoms with van der Waals surface area (Å²) in [5.74, 6) is -0.853. The Morgan fingerprint density at radius 1 is 0.939 bits per heavy atom. The van der Waals surface area contributed by atoms with Crippen LogP contribution in [0.15, 0.2) is 88.8 Å². The number of rotatable bonds is 5. The summed E-state index contributed by atoms with van der Waals surface area (Å²) in [6, 6.07) is 23.0. The molecule has 1 atom stereocenters. The molecule has 0 spiro atoms. The number of nitrogens with zero attached hydrogens (tertiary/aromatic N) is 2. The van der Waals surface area contributed by atoms with Crippen molar-refractivity contribution in [3.63, 3.8) is 0 Å². The quantitative estimate of drug-likeness (QED) is 0.459. The van der Waals surface area contributed by atoms with Gasteiger partial charge in [-0.2, -0.15) is 0 Å². The van der Waals surface area contributed by atoms with E-state index in [1.165, 1.54) is 0 Å². The molecule has 0 bridgehead atoms. The van der Waals surface area contributed by atoms with Crippen molar-refractivity contribution < 1.29 is 14.7 Å². The third-order valence-electron chi connectivity index (χ3n) is 4.76. The molecule has 2 amide bonds. The van der Waals surface area contributed by atoms with Gasteiger partial charge in [0.2, 0.25) is 0 Å². The largest absolute Gasteiger partial charge is 0.480 e. The molecule has 0 aromatic heterocycles. The molecule has 1 aliphatic heterocycles. The maximum Gasteiger partial charge on any atom is 0.322 e. The minimum Gasteiger partial charge on any atom is -0.480 e. The van der Waals surface area contributed by atoms with Gasteiger partial charge >= 0.3 is 12.0 Å². The zero-order valence-electron chi connectivity index (χ0n) is 17.3. The van der Waals surface area contributed by atoms with E-state index >= 15 is 0 Å². The van der Waals surface area contributed by atoms with Crippen molar-refractivity contribution in [2.75, 3.05) is 11.9 Å². The number of carbonyl (C=O) groups is 2. The number of amidine groups is 1. The van der Waals surface area contributed by atoms with Gasteiger partial charge in [-0.3, -0.25) is 9.79 Å². The molecule has 166 valence electrons. The van der Waals surface area contributed by atoms with Crippen LogP contribution in [-0.4, -0.2) is 41.4 Å². The van der Waals surface area contributed by atoms with Gasteiger partial charge in [0.15, 0.2) is 6.17 Å². The fourth-order valence-corrected chi connectivity index (χ4v) is 3.40. The Balaban J connectivity index is 1.71. The Kier molecular flexibility index (Phi) is 6.66. The number of hydrogen-bond donors (Lipinski definition) is 4. The SMILES string of the molecule is O=C(O)CNC1=Nc2ccccc2C(c2ccccc2)=NC1NC(=O)Nc1ccc(Cl)cc1. The molecule has 0 radical (unpaired) electrons. The molecule has 3 aromatic carbocycles. The number of nitrogens with one attached hydrogen (secondary N) is 3. The number of anilines is 1. The van der Waals surface area contributed by atoms with Crippen molar-refractivity contribution >= 4 is 46.5 Å². The molecule has 33 heavy (non-hydrogen) atoms. The van der Waals surface area contributed by atoms with Gasteiger partial charge in [-0.1, -0.05) is 60.1 Å². The lowest BCUT2D eigenvalue weighted by molar-refractivity contribution is -0.135. The van der Waals surface area contributed by atoms with E-state index in [1.54, 1.807) is 24.3 Å². The first-order valence-electron chi connectivity index (χ1n) is 10.1. The third-order valence-corrected chi connectivity index (χ3v) is 5.01. The van der Waals surface area contributed by atoms with Gasteiger partial charge in [0.05, 0.1) is 11.4 Å². The summed E-state index contributed by atoms with van der Waals surface area (Å²) in [6.45, 7) is -0.381. The highest BCUT2D eigenvalue weighted by atomic mass is 35.5. The molecule has 1 unspecified atom stereocenters. The fraction of sp³-hybridized carbons (Fsp3) is 0.0833. The van der Waals surface area contributed by atoms with Gasteiger partial charge in [0.1, 0.15) is 12.4 Å². The molecule has 1 heterocycles. The smallest absolute Gasteiger partial charge is 0.322 e. The number of urea groups is 1. The highest BCUT2D eigenvalue weighted by Crippen LogP contribution is 2.26. The summed E-state index contributed by atoms with van der Waals surface area (Å²) in [4.78, 5) is 33.3. The van der Waals surface area contributed by atoms with Crippen molar-refractivity contribution in [2.24, 2.45) is 9.98 Å². The van der Waals surface area contributed by atoms with Crippen LogP contribution in [0.2, 0.25) is 5.02 Å². The number of carbonyl (C=O) groups excluding carboxylic acids is 1. The summed E-state index contributed by atoms with van der Waals surface area (Å²) < 4.78 is 0. The van der Waals surface area contributed by atoms with Gasteiger partial charge in [-0.05, 0) is 30.3 Å². The predicted octanol–water partition coefficient (Wildman–Crippen LogP) is 4.04. The van der Waals surface area contributed by atoms with Gasteiger partial charge in [0, 0.05) is 21.8 Å². The number of benzene rings is 3. The zero-order valence-corrected chi connectivity index (χ0v) is 18.1. The highest BCUT2D eigenvalue weighted by molar-refractivity contribution is 6.30. The van der Waals surface area contributed by atoms with E-state index in [4.69, 9.17) is 21.7 Å². The number of amides is 2. The van der Waals surface area contributed by atoms with Crippen LogP contribution in [0.25, 0.3) is 0 Å². The van der Waals surface area contributed by atoms with Gasteiger partial charge in [0.25, 0.3) is 0 Å². The van der Waals surface area contributed by atoms with Crippen molar-refractivity contribution in [3.8, 4) is 0 Å². The number of aliphatic carboxylic acids is 1. The molecule has 8 nitrogen and oxygen atoms in total. The van der Waals surface area contributed by atoms with Gasteiger partial charge in [-0.15, -0.1) is 0 Å². The van der Waals surface area contributed by atoms with Gasteiger partial charge in [-0.25, -0.2) is 9.79 Å². The first kappa shape index (κ1) is 22.0. The lowest BCUT2D eigenvalue weighted by Crippen LogP contribution is -2.48. The molecule has 0 saturated carbocycles. The van der Waals surface area contributed by atoms with E-state index in [-0.39, 0.29) is 12.4 Å². The van der Waals surface area contributed by atoms with E-state index in [0.717, 1.165) is 11.1 Å². The lowest BCUT2D eigenvalue weighted by atomic mass is 10.0. The molecule has 4 N–H and O–H groups in total. The second-order valence-electron chi connectivity index (χ2n) is 7.11.